The van der Waals surface area contributed by atoms with Crippen LogP contribution in [-0.4, -0.2) is 36.7 Å². The third kappa shape index (κ3) is 3.45. The maximum atomic E-state index is 12.2. The second kappa shape index (κ2) is 7.36. The van der Waals surface area contributed by atoms with Gasteiger partial charge in [0.1, 0.15) is 5.41 Å². The fourth-order valence-corrected chi connectivity index (χ4v) is 2.38. The topological polar surface area (TPSA) is 75.6 Å². The zero-order valence-electron chi connectivity index (χ0n) is 11.0. The van der Waals surface area contributed by atoms with Crippen molar-refractivity contribution in [1.82, 2.24) is 5.32 Å². The Morgan fingerprint density at radius 2 is 1.94 bits per heavy atom. The van der Waals surface area contributed by atoms with Crippen LogP contribution in [-0.2, 0) is 14.3 Å². The number of carbonyl (C=O) groups is 2. The van der Waals surface area contributed by atoms with Crippen molar-refractivity contribution in [1.29, 1.82) is 0 Å². The van der Waals surface area contributed by atoms with Gasteiger partial charge < -0.3 is 15.2 Å². The van der Waals surface area contributed by atoms with Gasteiger partial charge in [0.2, 0.25) is 5.91 Å². The van der Waals surface area contributed by atoms with Gasteiger partial charge in [-0.05, 0) is 32.6 Å². The minimum absolute atomic E-state index is 0.124. The molecule has 0 atom stereocenters. The van der Waals surface area contributed by atoms with Crippen LogP contribution in [0.5, 0.6) is 0 Å². The Labute approximate surface area is 108 Å². The van der Waals surface area contributed by atoms with E-state index in [1.54, 1.807) is 6.92 Å². The van der Waals surface area contributed by atoms with Gasteiger partial charge in [-0.15, -0.1) is 0 Å². The lowest BCUT2D eigenvalue weighted by molar-refractivity contribution is -0.160. The number of unbranched alkanes of at least 4 members (excludes halogenated alkanes) is 1. The van der Waals surface area contributed by atoms with Gasteiger partial charge in [-0.3, -0.25) is 9.59 Å². The van der Waals surface area contributed by atoms with E-state index >= 15 is 0 Å². The molecule has 104 valence electrons. The Hall–Kier alpha value is -1.10. The van der Waals surface area contributed by atoms with Gasteiger partial charge in [-0.25, -0.2) is 0 Å². The normalized spacial score (nSPS) is 17.4. The quantitative estimate of drug-likeness (QED) is 0.405. The summed E-state index contributed by atoms with van der Waals surface area (Å²) in [6.45, 7) is 2.68. The first-order chi connectivity index (χ1) is 8.67. The molecule has 1 rings (SSSR count). The lowest BCUT2D eigenvalue weighted by atomic mass is 9.85. The average Bonchev–Trinajstić information content (AvgIpc) is 2.85. The van der Waals surface area contributed by atoms with Gasteiger partial charge in [0, 0.05) is 13.2 Å². The number of nitrogens with one attached hydrogen (secondary N) is 1. The van der Waals surface area contributed by atoms with Crippen molar-refractivity contribution in [2.75, 3.05) is 19.8 Å². The summed E-state index contributed by atoms with van der Waals surface area (Å²) in [4.78, 5) is 24.1. The summed E-state index contributed by atoms with van der Waals surface area (Å²) in [5.41, 5.74) is -0.963. The molecule has 1 fully saturated rings. The van der Waals surface area contributed by atoms with E-state index in [-0.39, 0.29) is 18.5 Å². The van der Waals surface area contributed by atoms with Crippen molar-refractivity contribution >= 4 is 11.9 Å². The molecule has 0 aromatic heterocycles. The molecule has 1 amide bonds. The third-order valence-electron chi connectivity index (χ3n) is 3.43. The second-order valence-corrected chi connectivity index (χ2v) is 4.70. The Morgan fingerprint density at radius 1 is 1.28 bits per heavy atom. The minimum Gasteiger partial charge on any atom is -0.465 e. The number of rotatable bonds is 7. The van der Waals surface area contributed by atoms with E-state index in [4.69, 9.17) is 9.84 Å². The molecule has 0 heterocycles. The molecule has 0 radical (unpaired) electrons. The Bertz CT molecular complexity index is 285. The number of aliphatic hydroxyl groups excluding tert-OH is 1. The van der Waals surface area contributed by atoms with Crippen molar-refractivity contribution in [3.63, 3.8) is 0 Å². The first-order valence-corrected chi connectivity index (χ1v) is 6.74. The Balaban J connectivity index is 2.55. The first kappa shape index (κ1) is 15.0. The zero-order valence-corrected chi connectivity index (χ0v) is 11.0. The van der Waals surface area contributed by atoms with Crippen LogP contribution >= 0.6 is 0 Å². The number of ether oxygens (including phenoxy) is 1. The van der Waals surface area contributed by atoms with Gasteiger partial charge in [-0.2, -0.15) is 0 Å². The minimum atomic E-state index is -0.963. The van der Waals surface area contributed by atoms with Crippen molar-refractivity contribution in [2.24, 2.45) is 5.41 Å². The molecule has 1 saturated carbocycles. The smallest absolute Gasteiger partial charge is 0.321 e. The highest BCUT2D eigenvalue weighted by Crippen LogP contribution is 2.39. The number of carbonyl (C=O) groups excluding carboxylic acids is 2. The predicted octanol–water partition coefficient (Wildman–Crippen LogP) is 0.999. The standard InChI is InChI=1S/C13H23NO4/c1-2-18-12(17)13(7-3-4-8-13)11(16)14-9-5-6-10-15/h15H,2-10H2,1H3,(H,14,16). The van der Waals surface area contributed by atoms with Crippen LogP contribution in [0.2, 0.25) is 0 Å². The largest absolute Gasteiger partial charge is 0.465 e. The molecule has 5 nitrogen and oxygen atoms in total. The van der Waals surface area contributed by atoms with Crippen LogP contribution in [0.25, 0.3) is 0 Å². The fourth-order valence-electron chi connectivity index (χ4n) is 2.38. The van der Waals surface area contributed by atoms with Gasteiger partial charge in [0.05, 0.1) is 6.61 Å². The molecular weight excluding hydrogens is 234 g/mol. The molecule has 18 heavy (non-hydrogen) atoms. The van der Waals surface area contributed by atoms with E-state index in [9.17, 15) is 9.59 Å². The van der Waals surface area contributed by atoms with Gasteiger partial charge in [0.25, 0.3) is 0 Å². The van der Waals surface area contributed by atoms with Crippen LogP contribution in [0.1, 0.15) is 45.4 Å². The summed E-state index contributed by atoms with van der Waals surface area (Å²) in [6.07, 6.45) is 4.33. The molecule has 1 aliphatic carbocycles. The van der Waals surface area contributed by atoms with Gasteiger partial charge in [-0.1, -0.05) is 12.8 Å². The van der Waals surface area contributed by atoms with E-state index in [0.29, 0.717) is 32.4 Å². The summed E-state index contributed by atoms with van der Waals surface area (Å²) >= 11 is 0. The Morgan fingerprint density at radius 3 is 2.50 bits per heavy atom. The fraction of sp³-hybridized carbons (Fsp3) is 0.846. The van der Waals surface area contributed by atoms with Crippen LogP contribution < -0.4 is 5.32 Å². The second-order valence-electron chi connectivity index (χ2n) is 4.70. The highest BCUT2D eigenvalue weighted by molar-refractivity contribution is 6.03. The van der Waals surface area contributed by atoms with Crippen LogP contribution in [0.15, 0.2) is 0 Å². The molecule has 0 aromatic rings. The summed E-state index contributed by atoms with van der Waals surface area (Å²) < 4.78 is 5.04. The van der Waals surface area contributed by atoms with E-state index in [0.717, 1.165) is 19.3 Å². The summed E-state index contributed by atoms with van der Waals surface area (Å²) in [5, 5.41) is 11.5. The summed E-state index contributed by atoms with van der Waals surface area (Å²) in [5.74, 6) is -0.599. The number of aliphatic hydroxyl groups is 1. The molecule has 0 unspecified atom stereocenters. The molecule has 0 aromatic carbocycles. The molecule has 1 aliphatic rings. The highest BCUT2D eigenvalue weighted by atomic mass is 16.5. The zero-order chi connectivity index (χ0) is 13.4. The van der Waals surface area contributed by atoms with E-state index in [1.807, 2.05) is 0 Å². The van der Waals surface area contributed by atoms with Crippen molar-refractivity contribution in [2.45, 2.75) is 45.4 Å². The van der Waals surface area contributed by atoms with Crippen molar-refractivity contribution in [3.05, 3.63) is 0 Å². The van der Waals surface area contributed by atoms with Gasteiger partial charge >= 0.3 is 5.97 Å². The third-order valence-corrected chi connectivity index (χ3v) is 3.43. The average molecular weight is 257 g/mol. The maximum absolute atomic E-state index is 12.2. The first-order valence-electron chi connectivity index (χ1n) is 6.74. The van der Waals surface area contributed by atoms with Crippen molar-refractivity contribution in [3.8, 4) is 0 Å². The maximum Gasteiger partial charge on any atom is 0.321 e. The predicted molar refractivity (Wildman–Crippen MR) is 66.9 cm³/mol. The number of amides is 1. The molecule has 5 heteroatoms. The SMILES string of the molecule is CCOC(=O)C1(C(=O)NCCCCO)CCCC1. The van der Waals surface area contributed by atoms with Crippen molar-refractivity contribution < 1.29 is 19.4 Å². The summed E-state index contributed by atoms with van der Waals surface area (Å²) in [7, 11) is 0. The lowest BCUT2D eigenvalue weighted by Crippen LogP contribution is -2.46. The molecule has 0 spiro atoms. The van der Waals surface area contributed by atoms with Crippen LogP contribution in [0.4, 0.5) is 0 Å². The number of hydrogen-bond acceptors (Lipinski definition) is 4. The molecule has 2 N–H and O–H groups in total. The molecule has 0 bridgehead atoms. The Kier molecular flexibility index (Phi) is 6.12. The highest BCUT2D eigenvalue weighted by Gasteiger charge is 2.49. The molecule has 0 aliphatic heterocycles. The molecular formula is C13H23NO4. The number of hydrogen-bond donors (Lipinski definition) is 2. The molecule has 0 saturated heterocycles. The van der Waals surface area contributed by atoms with E-state index in [1.165, 1.54) is 0 Å². The summed E-state index contributed by atoms with van der Waals surface area (Å²) in [6, 6.07) is 0. The number of esters is 1. The van der Waals surface area contributed by atoms with E-state index < -0.39 is 5.41 Å². The van der Waals surface area contributed by atoms with E-state index in [2.05, 4.69) is 5.32 Å². The lowest BCUT2D eigenvalue weighted by Gasteiger charge is -2.25. The monoisotopic (exact) mass is 257 g/mol. The van der Waals surface area contributed by atoms with Crippen LogP contribution in [0.3, 0.4) is 0 Å². The van der Waals surface area contributed by atoms with Gasteiger partial charge in [0.15, 0.2) is 0 Å². The van der Waals surface area contributed by atoms with Crippen LogP contribution in [0, 0.1) is 5.41 Å².